The molecule has 1 atom stereocenters. The minimum Gasteiger partial charge on any atom is -0.356 e. The van der Waals surface area contributed by atoms with Gasteiger partial charge in [0.25, 0.3) is 0 Å². The summed E-state index contributed by atoms with van der Waals surface area (Å²) in [5.41, 5.74) is 5.62. The molecule has 0 radical (unpaired) electrons. The molecule has 0 aliphatic carbocycles. The van der Waals surface area contributed by atoms with E-state index in [9.17, 15) is 9.59 Å². The predicted molar refractivity (Wildman–Crippen MR) is 77.6 cm³/mol. The van der Waals surface area contributed by atoms with Gasteiger partial charge in [0.05, 0.1) is 0 Å². The van der Waals surface area contributed by atoms with Gasteiger partial charge < -0.3 is 16.4 Å². The summed E-state index contributed by atoms with van der Waals surface area (Å²) in [6.45, 7) is 7.38. The van der Waals surface area contributed by atoms with Crippen molar-refractivity contribution in [1.29, 1.82) is 0 Å². The lowest BCUT2D eigenvalue weighted by Gasteiger charge is -2.18. The number of amides is 2. The number of carbonyl (C=O) groups is 2. The second kappa shape index (κ2) is 10.8. The van der Waals surface area contributed by atoms with Crippen molar-refractivity contribution < 1.29 is 9.59 Å². The van der Waals surface area contributed by atoms with Gasteiger partial charge in [0.2, 0.25) is 11.8 Å². The van der Waals surface area contributed by atoms with E-state index in [0.29, 0.717) is 38.3 Å². The highest BCUT2D eigenvalue weighted by atomic mass is 16.2. The molecule has 1 unspecified atom stereocenters. The molecule has 2 amide bonds. The Kier molecular flexibility index (Phi) is 10.2. The quantitative estimate of drug-likeness (QED) is 0.557. The second-order valence-electron chi connectivity index (χ2n) is 5.33. The Morgan fingerprint density at radius 1 is 1.16 bits per heavy atom. The van der Waals surface area contributed by atoms with Gasteiger partial charge in [-0.3, -0.25) is 9.59 Å². The number of hydrogen-bond donors (Lipinski definition) is 3. The number of hydrogen-bond acceptors (Lipinski definition) is 3. The summed E-state index contributed by atoms with van der Waals surface area (Å²) in [5.74, 6) is 0.514. The highest BCUT2D eigenvalue weighted by molar-refractivity contribution is 5.78. The van der Waals surface area contributed by atoms with E-state index in [4.69, 9.17) is 5.73 Å². The molecule has 0 aliphatic heterocycles. The SMILES string of the molecule is CCCNC(=O)CCCC(=O)NC(CN)CC(C)C. The normalized spacial score (nSPS) is 12.3. The Morgan fingerprint density at radius 3 is 2.32 bits per heavy atom. The van der Waals surface area contributed by atoms with Crippen molar-refractivity contribution in [3.05, 3.63) is 0 Å². The molecule has 0 spiro atoms. The van der Waals surface area contributed by atoms with Gasteiger partial charge in [0, 0.05) is 32.0 Å². The highest BCUT2D eigenvalue weighted by Gasteiger charge is 2.12. The first kappa shape index (κ1) is 17.9. The third-order valence-electron chi connectivity index (χ3n) is 2.79. The first-order chi connectivity index (χ1) is 8.99. The molecule has 0 rings (SSSR count). The predicted octanol–water partition coefficient (Wildman–Crippen LogP) is 1.17. The van der Waals surface area contributed by atoms with Gasteiger partial charge in [-0.15, -0.1) is 0 Å². The van der Waals surface area contributed by atoms with Gasteiger partial charge in [0.15, 0.2) is 0 Å². The van der Waals surface area contributed by atoms with E-state index in [2.05, 4.69) is 24.5 Å². The molecule has 0 aliphatic rings. The molecule has 0 heterocycles. The lowest BCUT2D eigenvalue weighted by atomic mass is 10.0. The fourth-order valence-corrected chi connectivity index (χ4v) is 1.85. The van der Waals surface area contributed by atoms with Crippen molar-refractivity contribution in [2.75, 3.05) is 13.1 Å². The van der Waals surface area contributed by atoms with Gasteiger partial charge in [-0.2, -0.15) is 0 Å². The Balaban J connectivity index is 3.76. The van der Waals surface area contributed by atoms with Crippen LogP contribution in [0.25, 0.3) is 0 Å². The average Bonchev–Trinajstić information content (AvgIpc) is 2.34. The van der Waals surface area contributed by atoms with Crippen molar-refractivity contribution in [1.82, 2.24) is 10.6 Å². The maximum Gasteiger partial charge on any atom is 0.220 e. The fourth-order valence-electron chi connectivity index (χ4n) is 1.85. The zero-order valence-corrected chi connectivity index (χ0v) is 12.5. The lowest BCUT2D eigenvalue weighted by molar-refractivity contribution is -0.122. The standard InChI is InChI=1S/C14H29N3O2/c1-4-8-16-13(18)6-5-7-14(19)17-12(10-15)9-11(2)3/h11-12H,4-10,15H2,1-3H3,(H,16,18)(H,17,19). The van der Waals surface area contributed by atoms with Crippen LogP contribution in [0.1, 0.15) is 52.9 Å². The smallest absolute Gasteiger partial charge is 0.220 e. The Hall–Kier alpha value is -1.10. The van der Waals surface area contributed by atoms with Crippen molar-refractivity contribution in [2.24, 2.45) is 11.7 Å². The molecule has 0 aromatic heterocycles. The number of nitrogens with one attached hydrogen (secondary N) is 2. The maximum atomic E-state index is 11.7. The second-order valence-corrected chi connectivity index (χ2v) is 5.33. The molecule has 5 heteroatoms. The van der Waals surface area contributed by atoms with Crippen LogP contribution in [0.15, 0.2) is 0 Å². The zero-order valence-electron chi connectivity index (χ0n) is 12.5. The van der Waals surface area contributed by atoms with Gasteiger partial charge in [-0.25, -0.2) is 0 Å². The molecule has 5 nitrogen and oxygen atoms in total. The lowest BCUT2D eigenvalue weighted by Crippen LogP contribution is -2.41. The monoisotopic (exact) mass is 271 g/mol. The van der Waals surface area contributed by atoms with E-state index in [1.807, 2.05) is 6.92 Å². The summed E-state index contributed by atoms with van der Waals surface area (Å²) >= 11 is 0. The van der Waals surface area contributed by atoms with Crippen LogP contribution in [-0.4, -0.2) is 30.9 Å². The van der Waals surface area contributed by atoms with Crippen LogP contribution < -0.4 is 16.4 Å². The van der Waals surface area contributed by atoms with E-state index in [-0.39, 0.29) is 17.9 Å². The van der Waals surface area contributed by atoms with Crippen LogP contribution in [0.4, 0.5) is 0 Å². The highest BCUT2D eigenvalue weighted by Crippen LogP contribution is 2.04. The number of carbonyl (C=O) groups excluding carboxylic acids is 2. The van der Waals surface area contributed by atoms with Crippen LogP contribution in [0.5, 0.6) is 0 Å². The number of nitrogens with two attached hydrogens (primary N) is 1. The van der Waals surface area contributed by atoms with Crippen LogP contribution in [-0.2, 0) is 9.59 Å². The molecule has 0 aromatic rings. The molecule has 0 fully saturated rings. The van der Waals surface area contributed by atoms with E-state index in [1.165, 1.54) is 0 Å². The molecule has 0 aromatic carbocycles. The van der Waals surface area contributed by atoms with Crippen LogP contribution in [0, 0.1) is 5.92 Å². The summed E-state index contributed by atoms with van der Waals surface area (Å²) in [4.78, 5) is 23.0. The average molecular weight is 271 g/mol. The largest absolute Gasteiger partial charge is 0.356 e. The van der Waals surface area contributed by atoms with Crippen LogP contribution in [0.2, 0.25) is 0 Å². The molecule has 19 heavy (non-hydrogen) atoms. The van der Waals surface area contributed by atoms with Crippen LogP contribution in [0.3, 0.4) is 0 Å². The Labute approximate surface area is 116 Å². The van der Waals surface area contributed by atoms with E-state index in [1.54, 1.807) is 0 Å². The van der Waals surface area contributed by atoms with Gasteiger partial charge in [-0.05, 0) is 25.2 Å². The zero-order chi connectivity index (χ0) is 14.7. The first-order valence-electron chi connectivity index (χ1n) is 7.25. The Bertz CT molecular complexity index is 267. The van der Waals surface area contributed by atoms with Crippen molar-refractivity contribution in [2.45, 2.75) is 58.9 Å². The summed E-state index contributed by atoms with van der Waals surface area (Å²) < 4.78 is 0. The topological polar surface area (TPSA) is 84.2 Å². The molecule has 0 saturated carbocycles. The maximum absolute atomic E-state index is 11.7. The molecule has 0 saturated heterocycles. The van der Waals surface area contributed by atoms with Crippen molar-refractivity contribution in [3.63, 3.8) is 0 Å². The third-order valence-corrected chi connectivity index (χ3v) is 2.79. The summed E-state index contributed by atoms with van der Waals surface area (Å²) in [6, 6.07) is 0.0430. The summed E-state index contributed by atoms with van der Waals surface area (Å²) in [7, 11) is 0. The Morgan fingerprint density at radius 2 is 1.79 bits per heavy atom. The molecule has 0 bridgehead atoms. The minimum atomic E-state index is -0.0145. The molecular formula is C14H29N3O2. The molecular weight excluding hydrogens is 242 g/mol. The summed E-state index contributed by atoms with van der Waals surface area (Å²) in [6.07, 6.45) is 3.19. The van der Waals surface area contributed by atoms with Gasteiger partial charge >= 0.3 is 0 Å². The third kappa shape index (κ3) is 10.5. The van der Waals surface area contributed by atoms with Crippen molar-refractivity contribution in [3.8, 4) is 0 Å². The van der Waals surface area contributed by atoms with E-state index < -0.39 is 0 Å². The van der Waals surface area contributed by atoms with Gasteiger partial charge in [-0.1, -0.05) is 20.8 Å². The first-order valence-corrected chi connectivity index (χ1v) is 7.25. The van der Waals surface area contributed by atoms with Gasteiger partial charge in [0.1, 0.15) is 0 Å². The number of rotatable bonds is 10. The van der Waals surface area contributed by atoms with E-state index >= 15 is 0 Å². The molecule has 4 N–H and O–H groups in total. The van der Waals surface area contributed by atoms with E-state index in [0.717, 1.165) is 12.8 Å². The molecule has 112 valence electrons. The summed E-state index contributed by atoms with van der Waals surface area (Å²) in [5, 5.41) is 5.71. The fraction of sp³-hybridized carbons (Fsp3) is 0.857. The van der Waals surface area contributed by atoms with Crippen LogP contribution >= 0.6 is 0 Å². The minimum absolute atomic E-state index is 0.0145. The van der Waals surface area contributed by atoms with Crippen molar-refractivity contribution >= 4 is 11.8 Å².